The van der Waals surface area contributed by atoms with Crippen LogP contribution in [0, 0.1) is 5.92 Å². The maximum absolute atomic E-state index is 2.40. The zero-order chi connectivity index (χ0) is 8.53. The highest BCUT2D eigenvalue weighted by atomic mass is 28.1. The lowest BCUT2D eigenvalue weighted by molar-refractivity contribution is 0.518. The summed E-state index contributed by atoms with van der Waals surface area (Å²) < 4.78 is 0. The predicted octanol–water partition coefficient (Wildman–Crippen LogP) is 2.77. The van der Waals surface area contributed by atoms with Crippen LogP contribution in [0.1, 0.15) is 52.4 Å². The van der Waals surface area contributed by atoms with Gasteiger partial charge in [-0.2, -0.15) is 0 Å². The Balaban J connectivity index is 2.89. The Labute approximate surface area is 75.2 Å². The van der Waals surface area contributed by atoms with Crippen molar-refractivity contribution in [2.75, 3.05) is 0 Å². The second kappa shape index (κ2) is 8.31. The third-order valence-corrected chi connectivity index (χ3v) is 3.89. The lowest BCUT2D eigenvalue weighted by atomic mass is 10.0. The number of hydrogen-bond acceptors (Lipinski definition) is 0. The van der Waals surface area contributed by atoms with Crippen molar-refractivity contribution in [1.29, 1.82) is 0 Å². The van der Waals surface area contributed by atoms with Crippen molar-refractivity contribution in [3.63, 3.8) is 0 Å². The molecule has 0 spiro atoms. The highest BCUT2D eigenvalue weighted by Gasteiger charge is 1.97. The summed E-state index contributed by atoms with van der Waals surface area (Å²) in [5.74, 6) is 1.02. The normalized spacial score (nSPS) is 13.6. The van der Waals surface area contributed by atoms with Crippen LogP contribution in [0.25, 0.3) is 0 Å². The Bertz CT molecular complexity index is 71.3. The molecule has 0 rings (SSSR count). The van der Waals surface area contributed by atoms with Crippen molar-refractivity contribution < 1.29 is 0 Å². The first kappa shape index (κ1) is 11.2. The summed E-state index contributed by atoms with van der Waals surface area (Å²) in [5.41, 5.74) is 0. The van der Waals surface area contributed by atoms with E-state index in [2.05, 4.69) is 13.8 Å². The van der Waals surface area contributed by atoms with Crippen LogP contribution in [0.4, 0.5) is 0 Å². The summed E-state index contributed by atoms with van der Waals surface area (Å²) >= 11 is 0. The van der Waals surface area contributed by atoms with Crippen molar-refractivity contribution in [2.45, 2.75) is 58.4 Å². The van der Waals surface area contributed by atoms with E-state index in [1.807, 2.05) is 0 Å². The van der Waals surface area contributed by atoms with E-state index in [4.69, 9.17) is 0 Å². The van der Waals surface area contributed by atoms with Crippen LogP contribution in [-0.4, -0.2) is 10.2 Å². The molecule has 0 saturated carbocycles. The molecule has 0 amide bonds. The monoisotopic (exact) mass is 172 g/mol. The topological polar surface area (TPSA) is 0 Å². The van der Waals surface area contributed by atoms with Gasteiger partial charge in [-0.25, -0.2) is 0 Å². The molecule has 0 radical (unpaired) electrons. The number of rotatable bonds is 7. The molecule has 0 saturated heterocycles. The Morgan fingerprint density at radius 1 is 1.09 bits per heavy atom. The molecule has 0 fully saturated rings. The number of hydrogen-bond donors (Lipinski definition) is 0. The van der Waals surface area contributed by atoms with E-state index < -0.39 is 0 Å². The maximum Gasteiger partial charge on any atom is 0.00313 e. The van der Waals surface area contributed by atoms with Crippen LogP contribution in [0.15, 0.2) is 0 Å². The van der Waals surface area contributed by atoms with Crippen LogP contribution in [0.3, 0.4) is 0 Å². The van der Waals surface area contributed by atoms with E-state index in [1.165, 1.54) is 54.8 Å². The van der Waals surface area contributed by atoms with Gasteiger partial charge in [0.25, 0.3) is 0 Å². The molecular formula is C10H24Si. The maximum atomic E-state index is 2.40. The van der Waals surface area contributed by atoms with Crippen molar-refractivity contribution >= 4 is 10.2 Å². The third-order valence-electron chi connectivity index (χ3n) is 2.50. The quantitative estimate of drug-likeness (QED) is 0.409. The summed E-state index contributed by atoms with van der Waals surface area (Å²) in [6.45, 7) is 4.67. The standard InChI is InChI=1S/C10H24Si/c1-3-4-5-6-7-8-10(2)9-11/h10H,3-9H2,1-2,11H3. The van der Waals surface area contributed by atoms with Crippen molar-refractivity contribution in [3.8, 4) is 0 Å². The summed E-state index contributed by atoms with van der Waals surface area (Å²) in [6.07, 6.45) is 8.70. The van der Waals surface area contributed by atoms with Crippen molar-refractivity contribution in [1.82, 2.24) is 0 Å². The van der Waals surface area contributed by atoms with Crippen LogP contribution in [0.2, 0.25) is 6.04 Å². The highest BCUT2D eigenvalue weighted by molar-refractivity contribution is 6.08. The lowest BCUT2D eigenvalue weighted by Gasteiger charge is -2.06. The summed E-state index contributed by atoms with van der Waals surface area (Å²) in [7, 11) is 1.39. The Kier molecular flexibility index (Phi) is 8.48. The molecule has 1 heteroatoms. The average Bonchev–Trinajstić information content (AvgIpc) is 2.04. The molecule has 0 bridgehead atoms. The van der Waals surface area contributed by atoms with Gasteiger partial charge in [-0.05, 0) is 5.92 Å². The molecule has 0 aromatic carbocycles. The fraction of sp³-hybridized carbons (Fsp3) is 1.00. The molecular weight excluding hydrogens is 148 g/mol. The molecule has 11 heavy (non-hydrogen) atoms. The van der Waals surface area contributed by atoms with E-state index in [1.54, 1.807) is 0 Å². The fourth-order valence-electron chi connectivity index (χ4n) is 1.30. The van der Waals surface area contributed by atoms with Crippen molar-refractivity contribution in [2.24, 2.45) is 5.92 Å². The van der Waals surface area contributed by atoms with Gasteiger partial charge in [0.05, 0.1) is 0 Å². The Morgan fingerprint density at radius 2 is 1.73 bits per heavy atom. The van der Waals surface area contributed by atoms with Crippen LogP contribution < -0.4 is 0 Å². The second-order valence-electron chi connectivity index (χ2n) is 3.72. The van der Waals surface area contributed by atoms with E-state index in [0.717, 1.165) is 5.92 Å². The molecule has 0 heterocycles. The summed E-state index contributed by atoms with van der Waals surface area (Å²) in [6, 6.07) is 1.49. The molecule has 0 nitrogen and oxygen atoms in total. The molecule has 0 aliphatic carbocycles. The smallest absolute Gasteiger partial charge is 0.00313 e. The van der Waals surface area contributed by atoms with Gasteiger partial charge >= 0.3 is 0 Å². The molecule has 1 unspecified atom stereocenters. The van der Waals surface area contributed by atoms with E-state index in [0.29, 0.717) is 0 Å². The SMILES string of the molecule is CCCCCCCC(C)C[SiH3]. The summed E-state index contributed by atoms with van der Waals surface area (Å²) in [4.78, 5) is 0. The zero-order valence-electron chi connectivity index (χ0n) is 8.53. The molecule has 0 N–H and O–H groups in total. The van der Waals surface area contributed by atoms with E-state index in [9.17, 15) is 0 Å². The van der Waals surface area contributed by atoms with Gasteiger partial charge in [0.1, 0.15) is 0 Å². The Morgan fingerprint density at radius 3 is 2.27 bits per heavy atom. The van der Waals surface area contributed by atoms with Gasteiger partial charge in [0.2, 0.25) is 0 Å². The molecule has 0 aliphatic rings. The third kappa shape index (κ3) is 8.12. The van der Waals surface area contributed by atoms with Gasteiger partial charge in [0, 0.05) is 10.2 Å². The van der Waals surface area contributed by atoms with Crippen LogP contribution in [0.5, 0.6) is 0 Å². The predicted molar refractivity (Wildman–Crippen MR) is 57.3 cm³/mol. The van der Waals surface area contributed by atoms with Crippen LogP contribution >= 0.6 is 0 Å². The van der Waals surface area contributed by atoms with E-state index in [-0.39, 0.29) is 0 Å². The fourth-order valence-corrected chi connectivity index (χ4v) is 1.71. The zero-order valence-corrected chi connectivity index (χ0v) is 10.5. The first-order valence-corrected chi connectivity index (χ1v) is 6.72. The first-order valence-electron chi connectivity index (χ1n) is 5.31. The Hall–Kier alpha value is 0.217. The van der Waals surface area contributed by atoms with Crippen molar-refractivity contribution in [3.05, 3.63) is 0 Å². The second-order valence-corrected chi connectivity index (χ2v) is 4.53. The summed E-state index contributed by atoms with van der Waals surface area (Å²) in [5, 5.41) is 0. The van der Waals surface area contributed by atoms with Gasteiger partial charge in [-0.15, -0.1) is 0 Å². The highest BCUT2D eigenvalue weighted by Crippen LogP contribution is 2.12. The van der Waals surface area contributed by atoms with Gasteiger partial charge in [0.15, 0.2) is 0 Å². The minimum atomic E-state index is 1.02. The van der Waals surface area contributed by atoms with Crippen LogP contribution in [-0.2, 0) is 0 Å². The number of unbranched alkanes of at least 4 members (excludes halogenated alkanes) is 4. The molecule has 68 valence electrons. The van der Waals surface area contributed by atoms with Gasteiger partial charge in [-0.1, -0.05) is 58.4 Å². The lowest BCUT2D eigenvalue weighted by Crippen LogP contribution is -1.92. The van der Waals surface area contributed by atoms with Gasteiger partial charge in [-0.3, -0.25) is 0 Å². The molecule has 0 aromatic heterocycles. The minimum absolute atomic E-state index is 1.02. The largest absolute Gasteiger partial charge is 0.0654 e. The van der Waals surface area contributed by atoms with E-state index >= 15 is 0 Å². The molecule has 1 atom stereocenters. The molecule has 0 aromatic rings. The first-order chi connectivity index (χ1) is 5.31. The minimum Gasteiger partial charge on any atom is -0.0654 e. The molecule has 0 aliphatic heterocycles. The van der Waals surface area contributed by atoms with Gasteiger partial charge < -0.3 is 0 Å². The average molecular weight is 172 g/mol.